The number of nitrogens with two attached hydrogens (primary N) is 1. The zero-order valence-electron chi connectivity index (χ0n) is 10.8. The summed E-state index contributed by atoms with van der Waals surface area (Å²) in [6.07, 6.45) is 1.64. The average Bonchev–Trinajstić information content (AvgIpc) is 2.39. The summed E-state index contributed by atoms with van der Waals surface area (Å²) >= 11 is 5.96. The highest BCUT2D eigenvalue weighted by Gasteiger charge is 2.07. The van der Waals surface area contributed by atoms with E-state index in [1.54, 1.807) is 29.3 Å². The van der Waals surface area contributed by atoms with Gasteiger partial charge in [0.05, 0.1) is 0 Å². The lowest BCUT2D eigenvalue weighted by molar-refractivity contribution is 0.456. The minimum absolute atomic E-state index is 0.373. The van der Waals surface area contributed by atoms with Gasteiger partial charge < -0.3 is 15.4 Å². The first kappa shape index (κ1) is 13.6. The molecule has 5 nitrogen and oxygen atoms in total. The molecule has 0 spiro atoms. The van der Waals surface area contributed by atoms with Crippen molar-refractivity contribution in [3.05, 3.63) is 41.0 Å². The van der Waals surface area contributed by atoms with Crippen LogP contribution in [0.3, 0.4) is 0 Å². The summed E-state index contributed by atoms with van der Waals surface area (Å²) < 4.78 is 5.73. The number of ether oxygens (including phenoxy) is 1. The van der Waals surface area contributed by atoms with Crippen LogP contribution < -0.4 is 15.4 Å². The van der Waals surface area contributed by atoms with Crippen LogP contribution in [0, 0.1) is 0 Å². The summed E-state index contributed by atoms with van der Waals surface area (Å²) in [6, 6.07) is 7.03. The summed E-state index contributed by atoms with van der Waals surface area (Å²) in [4.78, 5) is 10.2. The van der Waals surface area contributed by atoms with E-state index in [0.29, 0.717) is 29.1 Å². The van der Waals surface area contributed by atoms with E-state index in [4.69, 9.17) is 22.1 Å². The van der Waals surface area contributed by atoms with E-state index < -0.39 is 0 Å². The zero-order valence-corrected chi connectivity index (χ0v) is 11.6. The van der Waals surface area contributed by atoms with Crippen molar-refractivity contribution in [1.82, 2.24) is 9.97 Å². The van der Waals surface area contributed by atoms with Crippen molar-refractivity contribution >= 4 is 17.5 Å². The highest BCUT2D eigenvalue weighted by atomic mass is 35.5. The topological polar surface area (TPSA) is 64.3 Å². The molecule has 1 aromatic heterocycles. The van der Waals surface area contributed by atoms with Crippen LogP contribution in [0.15, 0.2) is 30.5 Å². The highest BCUT2D eigenvalue weighted by molar-refractivity contribution is 6.30. The molecule has 0 radical (unpaired) electrons. The molecule has 1 aromatic carbocycles. The van der Waals surface area contributed by atoms with Crippen molar-refractivity contribution in [3.63, 3.8) is 0 Å². The Labute approximate surface area is 117 Å². The van der Waals surface area contributed by atoms with Crippen LogP contribution in [0.4, 0.5) is 5.95 Å². The molecule has 1 heterocycles. The van der Waals surface area contributed by atoms with Crippen LogP contribution in [0.25, 0.3) is 0 Å². The smallest absolute Gasteiger partial charge is 0.228 e. The normalized spacial score (nSPS) is 10.3. The van der Waals surface area contributed by atoms with Gasteiger partial charge in [0.1, 0.15) is 5.75 Å². The fraction of sp³-hybridized carbons (Fsp3) is 0.231. The number of nitrogens with zero attached hydrogens (tertiary/aromatic N) is 3. The second-order valence-corrected chi connectivity index (χ2v) is 4.58. The molecule has 0 atom stereocenters. The number of benzene rings is 1. The van der Waals surface area contributed by atoms with Gasteiger partial charge in [-0.25, -0.2) is 4.98 Å². The molecule has 0 aliphatic carbocycles. The van der Waals surface area contributed by atoms with Crippen LogP contribution in [-0.2, 0) is 6.54 Å². The number of rotatable bonds is 4. The summed E-state index contributed by atoms with van der Waals surface area (Å²) in [5, 5.41) is 0.592. The summed E-state index contributed by atoms with van der Waals surface area (Å²) in [6.45, 7) is 0.373. The SMILES string of the molecule is CN(C)c1nccc(Oc2cc(Cl)ccc2CN)n1. The maximum atomic E-state index is 5.96. The molecular formula is C13H15ClN4O. The number of halogens is 1. The summed E-state index contributed by atoms with van der Waals surface area (Å²) in [5.41, 5.74) is 6.54. The lowest BCUT2D eigenvalue weighted by Gasteiger charge is -2.13. The van der Waals surface area contributed by atoms with Crippen molar-refractivity contribution < 1.29 is 4.74 Å². The zero-order chi connectivity index (χ0) is 13.8. The van der Waals surface area contributed by atoms with Crippen molar-refractivity contribution in [2.75, 3.05) is 19.0 Å². The van der Waals surface area contributed by atoms with Gasteiger partial charge in [0.15, 0.2) is 0 Å². The largest absolute Gasteiger partial charge is 0.438 e. The van der Waals surface area contributed by atoms with E-state index in [-0.39, 0.29) is 0 Å². The predicted octanol–water partition coefficient (Wildman–Crippen LogP) is 2.45. The van der Waals surface area contributed by atoms with Gasteiger partial charge in [-0.05, 0) is 12.1 Å². The van der Waals surface area contributed by atoms with Crippen LogP contribution in [0.1, 0.15) is 5.56 Å². The molecule has 0 aliphatic rings. The van der Waals surface area contributed by atoms with Crippen LogP contribution in [-0.4, -0.2) is 24.1 Å². The maximum Gasteiger partial charge on any atom is 0.228 e. The van der Waals surface area contributed by atoms with Crippen molar-refractivity contribution in [2.45, 2.75) is 6.54 Å². The summed E-state index contributed by atoms with van der Waals surface area (Å²) in [5.74, 6) is 1.64. The molecule has 0 amide bonds. The minimum Gasteiger partial charge on any atom is -0.438 e. The fourth-order valence-electron chi connectivity index (χ4n) is 1.51. The van der Waals surface area contributed by atoms with Gasteiger partial charge >= 0.3 is 0 Å². The second-order valence-electron chi connectivity index (χ2n) is 4.15. The molecule has 0 bridgehead atoms. The van der Waals surface area contributed by atoms with Gasteiger partial charge in [-0.3, -0.25) is 0 Å². The van der Waals surface area contributed by atoms with Crippen LogP contribution >= 0.6 is 11.6 Å². The number of anilines is 1. The maximum absolute atomic E-state index is 5.96. The standard InChI is InChI=1S/C13H15ClN4O/c1-18(2)13-16-6-5-12(17-13)19-11-7-10(14)4-3-9(11)8-15/h3-7H,8,15H2,1-2H3. The predicted molar refractivity (Wildman–Crippen MR) is 75.8 cm³/mol. The molecular weight excluding hydrogens is 264 g/mol. The van der Waals surface area contributed by atoms with E-state index in [9.17, 15) is 0 Å². The van der Waals surface area contributed by atoms with Crippen LogP contribution in [0.2, 0.25) is 5.02 Å². The highest BCUT2D eigenvalue weighted by Crippen LogP contribution is 2.27. The van der Waals surface area contributed by atoms with Crippen molar-refractivity contribution in [3.8, 4) is 11.6 Å². The minimum atomic E-state index is 0.373. The number of hydrogen-bond donors (Lipinski definition) is 1. The molecule has 0 unspecified atom stereocenters. The van der Waals surface area contributed by atoms with Gasteiger partial charge in [0, 0.05) is 43.5 Å². The monoisotopic (exact) mass is 278 g/mol. The van der Waals surface area contributed by atoms with E-state index >= 15 is 0 Å². The van der Waals surface area contributed by atoms with Crippen LogP contribution in [0.5, 0.6) is 11.6 Å². The first-order valence-electron chi connectivity index (χ1n) is 5.77. The Kier molecular flexibility index (Phi) is 4.19. The quantitative estimate of drug-likeness (QED) is 0.931. The van der Waals surface area contributed by atoms with Gasteiger partial charge in [-0.1, -0.05) is 17.7 Å². The van der Waals surface area contributed by atoms with Gasteiger partial charge in [-0.2, -0.15) is 4.98 Å². The molecule has 0 aliphatic heterocycles. The molecule has 19 heavy (non-hydrogen) atoms. The Balaban J connectivity index is 2.30. The van der Waals surface area contributed by atoms with E-state index in [0.717, 1.165) is 5.56 Å². The lowest BCUT2D eigenvalue weighted by atomic mass is 10.2. The van der Waals surface area contributed by atoms with Gasteiger partial charge in [-0.15, -0.1) is 0 Å². The first-order valence-corrected chi connectivity index (χ1v) is 6.14. The van der Waals surface area contributed by atoms with E-state index in [1.165, 1.54) is 0 Å². The van der Waals surface area contributed by atoms with Crippen molar-refractivity contribution in [1.29, 1.82) is 0 Å². The lowest BCUT2D eigenvalue weighted by Crippen LogP contribution is -2.12. The molecule has 0 saturated heterocycles. The fourth-order valence-corrected chi connectivity index (χ4v) is 1.67. The molecule has 2 rings (SSSR count). The van der Waals surface area contributed by atoms with E-state index in [2.05, 4.69) is 9.97 Å². The second kappa shape index (κ2) is 5.86. The molecule has 0 fully saturated rings. The Bertz CT molecular complexity index is 574. The van der Waals surface area contributed by atoms with Crippen molar-refractivity contribution in [2.24, 2.45) is 5.73 Å². The molecule has 2 aromatic rings. The molecule has 6 heteroatoms. The average molecular weight is 279 g/mol. The number of aromatic nitrogens is 2. The Morgan fingerprint density at radius 1 is 1.32 bits per heavy atom. The summed E-state index contributed by atoms with van der Waals surface area (Å²) in [7, 11) is 3.73. The van der Waals surface area contributed by atoms with Gasteiger partial charge in [0.25, 0.3) is 0 Å². The third-order valence-corrected chi connectivity index (χ3v) is 2.72. The first-order chi connectivity index (χ1) is 9.10. The molecule has 2 N–H and O–H groups in total. The number of hydrogen-bond acceptors (Lipinski definition) is 5. The third kappa shape index (κ3) is 3.33. The molecule has 100 valence electrons. The Morgan fingerprint density at radius 2 is 2.11 bits per heavy atom. The van der Waals surface area contributed by atoms with Gasteiger partial charge in [0.2, 0.25) is 11.8 Å². The Morgan fingerprint density at radius 3 is 2.79 bits per heavy atom. The Hall–Kier alpha value is -1.85. The third-order valence-electron chi connectivity index (χ3n) is 2.48. The van der Waals surface area contributed by atoms with E-state index in [1.807, 2.05) is 20.2 Å². The molecule has 0 saturated carbocycles.